The van der Waals surface area contributed by atoms with Crippen LogP contribution in [0, 0.1) is 10.1 Å². The Labute approximate surface area is 205 Å². The Morgan fingerprint density at radius 1 is 1.03 bits per heavy atom. The number of nitrogens with zero attached hydrogens (tertiary/aromatic N) is 3. The van der Waals surface area contributed by atoms with Crippen LogP contribution in [0.25, 0.3) is 0 Å². The van der Waals surface area contributed by atoms with E-state index >= 15 is 0 Å². The van der Waals surface area contributed by atoms with E-state index in [1.54, 1.807) is 11.0 Å². The topological polar surface area (TPSA) is 122 Å². The number of nitro benzene ring substituents is 1. The summed E-state index contributed by atoms with van der Waals surface area (Å²) in [6.45, 7) is 2.47. The summed E-state index contributed by atoms with van der Waals surface area (Å²) in [5.74, 6) is 0.496. The first-order valence-electron chi connectivity index (χ1n) is 11.5. The lowest BCUT2D eigenvalue weighted by Crippen LogP contribution is -2.45. The third kappa shape index (κ3) is 4.78. The number of likely N-dealkylation sites (tertiary alicyclic amines) is 1. The molecule has 0 aromatic heterocycles. The zero-order valence-electron chi connectivity index (χ0n) is 19.1. The van der Waals surface area contributed by atoms with Crippen molar-refractivity contribution in [3.05, 3.63) is 46.5 Å². The van der Waals surface area contributed by atoms with Crippen molar-refractivity contribution in [2.75, 3.05) is 18.0 Å². The maximum Gasteiger partial charge on any atom is 0.407 e. The van der Waals surface area contributed by atoms with E-state index in [4.69, 9.17) is 14.6 Å². The molecule has 2 fully saturated rings. The zero-order chi connectivity index (χ0) is 24.7. The van der Waals surface area contributed by atoms with E-state index in [-0.39, 0.29) is 29.9 Å². The van der Waals surface area contributed by atoms with E-state index < -0.39 is 11.0 Å². The lowest BCUT2D eigenvalue weighted by atomic mass is 9.91. The van der Waals surface area contributed by atoms with Crippen LogP contribution in [0.3, 0.4) is 0 Å². The number of amides is 2. The highest BCUT2D eigenvalue weighted by molar-refractivity contribution is 7.99. The second kappa shape index (κ2) is 9.38. The average molecular weight is 500 g/mol. The van der Waals surface area contributed by atoms with Crippen molar-refractivity contribution in [1.29, 1.82) is 0 Å². The lowest BCUT2D eigenvalue weighted by Gasteiger charge is -2.39. The molecule has 0 unspecified atom stereocenters. The molecule has 2 heterocycles. The zero-order valence-corrected chi connectivity index (χ0v) is 19.9. The number of rotatable bonds is 5. The molecule has 3 aliphatic rings. The number of hydrogen-bond acceptors (Lipinski definition) is 7. The molecule has 10 nitrogen and oxygen atoms in total. The van der Waals surface area contributed by atoms with Crippen LogP contribution in [-0.4, -0.2) is 58.3 Å². The second-order valence-electron chi connectivity index (χ2n) is 8.93. The second-order valence-corrected chi connectivity index (χ2v) is 10.0. The number of ether oxygens (including phenoxy) is 2. The molecule has 2 aromatic rings. The van der Waals surface area contributed by atoms with Crippen LogP contribution >= 0.6 is 11.8 Å². The van der Waals surface area contributed by atoms with E-state index in [9.17, 15) is 19.7 Å². The van der Waals surface area contributed by atoms with Gasteiger partial charge in [0.25, 0.3) is 5.69 Å². The molecule has 2 amide bonds. The van der Waals surface area contributed by atoms with Crippen LogP contribution < -0.4 is 9.64 Å². The molecule has 0 bridgehead atoms. The lowest BCUT2D eigenvalue weighted by molar-refractivity contribution is -0.385. The fraction of sp³-hybridized carbons (Fsp3) is 0.417. The van der Waals surface area contributed by atoms with Crippen molar-refractivity contribution in [2.45, 2.75) is 60.7 Å². The van der Waals surface area contributed by atoms with Crippen LogP contribution in [0.5, 0.6) is 5.75 Å². The number of piperidine rings is 1. The quantitative estimate of drug-likeness (QED) is 0.459. The third-order valence-corrected chi connectivity index (χ3v) is 7.65. The van der Waals surface area contributed by atoms with Gasteiger partial charge < -0.3 is 19.5 Å². The highest BCUT2D eigenvalue weighted by atomic mass is 32.2. The maximum absolute atomic E-state index is 12.4. The molecule has 2 aromatic carbocycles. The van der Waals surface area contributed by atoms with E-state index in [0.717, 1.165) is 23.4 Å². The number of non-ortho nitro benzene ring substituents is 1. The summed E-state index contributed by atoms with van der Waals surface area (Å²) in [6.07, 6.45) is 2.27. The summed E-state index contributed by atoms with van der Waals surface area (Å²) in [7, 11) is 0. The van der Waals surface area contributed by atoms with Gasteiger partial charge in [0, 0.05) is 54.8 Å². The van der Waals surface area contributed by atoms with Crippen molar-refractivity contribution in [3.8, 4) is 5.75 Å². The number of nitro groups is 1. The van der Waals surface area contributed by atoms with E-state index in [2.05, 4.69) is 0 Å². The highest BCUT2D eigenvalue weighted by Gasteiger charge is 2.35. The molecule has 0 atom stereocenters. The van der Waals surface area contributed by atoms with Crippen molar-refractivity contribution < 1.29 is 29.1 Å². The number of carboxylic acid groups (broad SMARTS) is 1. The minimum Gasteiger partial charge on any atom is -0.490 e. The van der Waals surface area contributed by atoms with Crippen LogP contribution in [0.15, 0.2) is 46.2 Å². The first kappa shape index (κ1) is 23.4. The van der Waals surface area contributed by atoms with Gasteiger partial charge in [0.05, 0.1) is 28.5 Å². The van der Waals surface area contributed by atoms with Crippen molar-refractivity contribution in [2.24, 2.45) is 0 Å². The molecular weight excluding hydrogens is 474 g/mol. The normalized spacial score (nSPS) is 21.5. The van der Waals surface area contributed by atoms with Gasteiger partial charge in [-0.1, -0.05) is 11.8 Å². The molecule has 1 N–H and O–H groups in total. The average Bonchev–Trinajstić information content (AvgIpc) is 2.80. The van der Waals surface area contributed by atoms with E-state index in [1.807, 2.05) is 18.2 Å². The molecule has 184 valence electrons. The van der Waals surface area contributed by atoms with E-state index in [1.165, 1.54) is 35.7 Å². The standard InChI is InChI=1S/C24H25N3O7S/c1-14(28)26-20-4-2-15(27(31)32)10-22(20)35-23-13-17(3-5-21(23)26)34-19-11-18(12-19)33-16-6-8-25(9-7-16)24(29)30/h2-5,10,13,16,18-19H,6-9,11-12H2,1H3,(H,29,30). The predicted octanol–water partition coefficient (Wildman–Crippen LogP) is 4.81. The van der Waals surface area contributed by atoms with Crippen molar-refractivity contribution in [3.63, 3.8) is 0 Å². The molecule has 11 heteroatoms. The van der Waals surface area contributed by atoms with Gasteiger partial charge in [0.1, 0.15) is 11.9 Å². The molecule has 5 rings (SSSR count). The van der Waals surface area contributed by atoms with E-state index in [0.29, 0.717) is 42.3 Å². The number of carbonyl (C=O) groups is 2. The Kier molecular flexibility index (Phi) is 6.28. The summed E-state index contributed by atoms with van der Waals surface area (Å²) in [4.78, 5) is 38.6. The van der Waals surface area contributed by atoms with Crippen LogP contribution in [-0.2, 0) is 9.53 Å². The minimum absolute atomic E-state index is 0.0167. The molecule has 1 saturated heterocycles. The highest BCUT2D eigenvalue weighted by Crippen LogP contribution is 2.50. The van der Waals surface area contributed by atoms with Gasteiger partial charge in [-0.25, -0.2) is 4.79 Å². The summed E-state index contributed by atoms with van der Waals surface area (Å²) in [6, 6.07) is 10.0. The molecule has 0 spiro atoms. The SMILES string of the molecule is CC(=O)N1c2ccc(OC3CC(OC4CCN(C(=O)O)CC4)C3)cc2Sc2cc([N+](=O)[O-])ccc21. The summed E-state index contributed by atoms with van der Waals surface area (Å²) < 4.78 is 12.3. The van der Waals surface area contributed by atoms with Crippen LogP contribution in [0.4, 0.5) is 21.9 Å². The van der Waals surface area contributed by atoms with Gasteiger partial charge in [-0.3, -0.25) is 19.8 Å². The summed E-state index contributed by atoms with van der Waals surface area (Å²) >= 11 is 1.38. The Morgan fingerprint density at radius 3 is 2.31 bits per heavy atom. The third-order valence-electron chi connectivity index (χ3n) is 6.55. The number of fused-ring (bicyclic) bond motifs is 2. The molecular formula is C24H25N3O7S. The van der Waals surface area contributed by atoms with Crippen LogP contribution in [0.2, 0.25) is 0 Å². The monoisotopic (exact) mass is 499 g/mol. The molecule has 35 heavy (non-hydrogen) atoms. The number of benzene rings is 2. The van der Waals surface area contributed by atoms with Crippen LogP contribution in [0.1, 0.15) is 32.6 Å². The van der Waals surface area contributed by atoms with Gasteiger partial charge >= 0.3 is 6.09 Å². The first-order valence-corrected chi connectivity index (χ1v) is 12.3. The molecule has 1 aliphatic carbocycles. The van der Waals surface area contributed by atoms with Gasteiger partial charge in [-0.15, -0.1) is 0 Å². The van der Waals surface area contributed by atoms with Gasteiger partial charge in [-0.2, -0.15) is 0 Å². The fourth-order valence-corrected chi connectivity index (χ4v) is 5.80. The van der Waals surface area contributed by atoms with Crippen molar-refractivity contribution >= 4 is 40.8 Å². The summed E-state index contributed by atoms with van der Waals surface area (Å²) in [5.41, 5.74) is 1.32. The minimum atomic E-state index is -0.878. The van der Waals surface area contributed by atoms with Gasteiger partial charge in [-0.05, 0) is 37.1 Å². The number of carbonyl (C=O) groups excluding carboxylic acids is 1. The summed E-state index contributed by atoms with van der Waals surface area (Å²) in [5, 5.41) is 20.3. The largest absolute Gasteiger partial charge is 0.490 e. The van der Waals surface area contributed by atoms with Crippen molar-refractivity contribution in [1.82, 2.24) is 4.90 Å². The molecule has 1 saturated carbocycles. The maximum atomic E-state index is 12.4. The molecule has 0 radical (unpaired) electrons. The number of hydrogen-bond donors (Lipinski definition) is 1. The fourth-order valence-electron chi connectivity index (χ4n) is 4.68. The Balaban J connectivity index is 1.21. The number of anilines is 2. The Hall–Kier alpha value is -3.31. The predicted molar refractivity (Wildman–Crippen MR) is 128 cm³/mol. The first-order chi connectivity index (χ1) is 16.8. The Morgan fingerprint density at radius 2 is 1.69 bits per heavy atom. The smallest absolute Gasteiger partial charge is 0.407 e. The van der Waals surface area contributed by atoms with Gasteiger partial charge in [0.15, 0.2) is 0 Å². The molecule has 2 aliphatic heterocycles. The Bertz CT molecular complexity index is 1180. The van der Waals surface area contributed by atoms with Gasteiger partial charge in [0.2, 0.25) is 5.91 Å².